The molecule has 0 amide bonds. The number of fused-ring (bicyclic) bond motifs is 1. The minimum absolute atomic E-state index is 0.0159. The summed E-state index contributed by atoms with van der Waals surface area (Å²) in [7, 11) is 0. The van der Waals surface area contributed by atoms with Crippen LogP contribution < -0.4 is 0 Å². The highest BCUT2D eigenvalue weighted by molar-refractivity contribution is 7.11. The lowest BCUT2D eigenvalue weighted by atomic mass is 9.91. The number of alkyl halides is 3. The SMILES string of the molecule is OC(c1ccccc1)c1nc2c(s1)CC(C(F)(F)F)CC2. The molecule has 2 unspecified atom stereocenters. The summed E-state index contributed by atoms with van der Waals surface area (Å²) in [6.45, 7) is 0. The van der Waals surface area contributed by atoms with Crippen molar-refractivity contribution in [2.24, 2.45) is 5.92 Å². The maximum atomic E-state index is 12.8. The Morgan fingerprint density at radius 3 is 2.62 bits per heavy atom. The fourth-order valence-electron chi connectivity index (χ4n) is 2.57. The predicted molar refractivity (Wildman–Crippen MR) is 74.2 cm³/mol. The molecule has 0 fully saturated rings. The lowest BCUT2D eigenvalue weighted by Gasteiger charge is -2.23. The quantitative estimate of drug-likeness (QED) is 0.912. The van der Waals surface area contributed by atoms with E-state index in [0.717, 1.165) is 0 Å². The van der Waals surface area contributed by atoms with Gasteiger partial charge < -0.3 is 5.11 Å². The van der Waals surface area contributed by atoms with E-state index in [1.165, 1.54) is 11.3 Å². The average molecular weight is 313 g/mol. The topological polar surface area (TPSA) is 33.1 Å². The molecule has 2 aromatic rings. The minimum atomic E-state index is -4.15. The molecule has 1 aromatic carbocycles. The average Bonchev–Trinajstić information content (AvgIpc) is 2.89. The van der Waals surface area contributed by atoms with E-state index in [1.807, 2.05) is 18.2 Å². The van der Waals surface area contributed by atoms with E-state index in [-0.39, 0.29) is 12.8 Å². The second kappa shape index (κ2) is 5.42. The van der Waals surface area contributed by atoms with Gasteiger partial charge in [-0.05, 0) is 24.8 Å². The molecular weight excluding hydrogens is 299 g/mol. The zero-order valence-corrected chi connectivity index (χ0v) is 11.9. The molecule has 0 saturated carbocycles. The molecule has 1 aliphatic rings. The van der Waals surface area contributed by atoms with Gasteiger partial charge in [-0.2, -0.15) is 13.2 Å². The third kappa shape index (κ3) is 2.96. The highest BCUT2D eigenvalue weighted by atomic mass is 32.1. The van der Waals surface area contributed by atoms with Crippen LogP contribution in [0.15, 0.2) is 30.3 Å². The maximum Gasteiger partial charge on any atom is 0.392 e. The molecule has 0 aliphatic heterocycles. The molecule has 1 aromatic heterocycles. The molecule has 0 saturated heterocycles. The van der Waals surface area contributed by atoms with E-state index in [9.17, 15) is 18.3 Å². The van der Waals surface area contributed by atoms with Crippen molar-refractivity contribution < 1.29 is 18.3 Å². The van der Waals surface area contributed by atoms with Gasteiger partial charge in [0.05, 0.1) is 11.6 Å². The first-order valence-corrected chi connectivity index (χ1v) is 7.55. The number of benzene rings is 1. The van der Waals surface area contributed by atoms with E-state index in [0.29, 0.717) is 27.6 Å². The minimum Gasteiger partial charge on any atom is -0.381 e. The van der Waals surface area contributed by atoms with Crippen LogP contribution in [0, 0.1) is 5.92 Å². The maximum absolute atomic E-state index is 12.8. The van der Waals surface area contributed by atoms with Crippen molar-refractivity contribution in [3.8, 4) is 0 Å². The van der Waals surface area contributed by atoms with Crippen LogP contribution in [-0.2, 0) is 12.8 Å². The Kier molecular flexibility index (Phi) is 3.75. The summed E-state index contributed by atoms with van der Waals surface area (Å²) < 4.78 is 38.4. The lowest BCUT2D eigenvalue weighted by molar-refractivity contribution is -0.176. The number of halogens is 3. The molecule has 112 valence electrons. The van der Waals surface area contributed by atoms with Crippen LogP contribution in [0.1, 0.15) is 33.7 Å². The van der Waals surface area contributed by atoms with Gasteiger partial charge in [-0.25, -0.2) is 4.98 Å². The summed E-state index contributed by atoms with van der Waals surface area (Å²) in [6.07, 6.45) is -4.62. The highest BCUT2D eigenvalue weighted by Crippen LogP contribution is 2.40. The van der Waals surface area contributed by atoms with Crippen LogP contribution in [0.25, 0.3) is 0 Å². The standard InChI is InChI=1S/C15H14F3NOS/c16-15(17,18)10-6-7-11-12(8-10)21-14(19-11)13(20)9-4-2-1-3-5-9/h1-5,10,13,20H,6-8H2. The number of thiazole rings is 1. The van der Waals surface area contributed by atoms with Gasteiger partial charge in [0.1, 0.15) is 11.1 Å². The first-order valence-electron chi connectivity index (χ1n) is 6.73. The van der Waals surface area contributed by atoms with Gasteiger partial charge in [-0.3, -0.25) is 0 Å². The summed E-state index contributed by atoms with van der Waals surface area (Å²) in [5.74, 6) is -1.29. The summed E-state index contributed by atoms with van der Waals surface area (Å²) >= 11 is 1.20. The Hall–Kier alpha value is -1.40. The van der Waals surface area contributed by atoms with E-state index in [2.05, 4.69) is 4.98 Å². The third-order valence-corrected chi connectivity index (χ3v) is 4.94. The Morgan fingerprint density at radius 2 is 1.95 bits per heavy atom. The van der Waals surface area contributed by atoms with Gasteiger partial charge >= 0.3 is 6.18 Å². The summed E-state index contributed by atoms with van der Waals surface area (Å²) in [6, 6.07) is 9.03. The number of hydrogen-bond acceptors (Lipinski definition) is 3. The van der Waals surface area contributed by atoms with Gasteiger partial charge in [0.2, 0.25) is 0 Å². The molecule has 0 spiro atoms. The number of aromatic nitrogens is 1. The van der Waals surface area contributed by atoms with Crippen molar-refractivity contribution in [2.45, 2.75) is 31.5 Å². The van der Waals surface area contributed by atoms with Crippen molar-refractivity contribution in [3.05, 3.63) is 51.5 Å². The van der Waals surface area contributed by atoms with E-state index < -0.39 is 18.2 Å². The lowest BCUT2D eigenvalue weighted by Crippen LogP contribution is -2.28. The molecule has 2 atom stereocenters. The molecule has 0 radical (unpaired) electrons. The van der Waals surface area contributed by atoms with Crippen LogP contribution in [0.4, 0.5) is 13.2 Å². The third-order valence-electron chi connectivity index (χ3n) is 3.77. The number of hydrogen-bond donors (Lipinski definition) is 1. The van der Waals surface area contributed by atoms with Crippen LogP contribution in [-0.4, -0.2) is 16.3 Å². The van der Waals surface area contributed by atoms with Crippen LogP contribution >= 0.6 is 11.3 Å². The molecule has 6 heteroatoms. The Bertz CT molecular complexity index is 624. The van der Waals surface area contributed by atoms with Crippen LogP contribution in [0.3, 0.4) is 0 Å². The van der Waals surface area contributed by atoms with E-state index >= 15 is 0 Å². The normalized spacial score (nSPS) is 20.1. The molecule has 0 bridgehead atoms. The number of aryl methyl sites for hydroxylation is 1. The second-order valence-electron chi connectivity index (χ2n) is 5.22. The molecule has 1 aliphatic carbocycles. The molecule has 21 heavy (non-hydrogen) atoms. The van der Waals surface area contributed by atoms with Gasteiger partial charge in [0, 0.05) is 4.88 Å². The number of rotatable bonds is 2. The highest BCUT2D eigenvalue weighted by Gasteiger charge is 2.42. The molecule has 3 rings (SSSR count). The zero-order chi connectivity index (χ0) is 15.0. The monoisotopic (exact) mass is 313 g/mol. The molecule has 2 nitrogen and oxygen atoms in total. The fourth-order valence-corrected chi connectivity index (χ4v) is 3.78. The Morgan fingerprint density at radius 1 is 1.24 bits per heavy atom. The van der Waals surface area contributed by atoms with Crippen molar-refractivity contribution in [1.29, 1.82) is 0 Å². The fraction of sp³-hybridized carbons (Fsp3) is 0.400. The first kappa shape index (κ1) is 14.5. The van der Waals surface area contributed by atoms with Crippen molar-refractivity contribution in [3.63, 3.8) is 0 Å². The largest absolute Gasteiger partial charge is 0.392 e. The Labute approximate surface area is 124 Å². The molecule has 1 heterocycles. The van der Waals surface area contributed by atoms with Gasteiger partial charge in [0.25, 0.3) is 0 Å². The number of aliphatic hydroxyl groups excluding tert-OH is 1. The summed E-state index contributed by atoms with van der Waals surface area (Å²) in [5.41, 5.74) is 1.42. The van der Waals surface area contributed by atoms with Gasteiger partial charge in [-0.1, -0.05) is 30.3 Å². The smallest absolute Gasteiger partial charge is 0.381 e. The van der Waals surface area contributed by atoms with Crippen molar-refractivity contribution >= 4 is 11.3 Å². The van der Waals surface area contributed by atoms with Gasteiger partial charge in [-0.15, -0.1) is 11.3 Å². The van der Waals surface area contributed by atoms with E-state index in [1.54, 1.807) is 12.1 Å². The molecule has 1 N–H and O–H groups in total. The summed E-state index contributed by atoms with van der Waals surface area (Å²) in [5, 5.41) is 10.8. The zero-order valence-electron chi connectivity index (χ0n) is 11.1. The summed E-state index contributed by atoms with van der Waals surface area (Å²) in [4.78, 5) is 5.01. The van der Waals surface area contributed by atoms with Gasteiger partial charge in [0.15, 0.2) is 0 Å². The predicted octanol–water partition coefficient (Wildman–Crippen LogP) is 3.89. The number of aliphatic hydroxyl groups is 1. The number of nitrogens with zero attached hydrogens (tertiary/aromatic N) is 1. The second-order valence-corrected chi connectivity index (χ2v) is 6.33. The van der Waals surface area contributed by atoms with Crippen molar-refractivity contribution in [1.82, 2.24) is 4.98 Å². The van der Waals surface area contributed by atoms with Crippen molar-refractivity contribution in [2.75, 3.05) is 0 Å². The first-order chi connectivity index (χ1) is 9.95. The molecular formula is C15H14F3NOS. The van der Waals surface area contributed by atoms with E-state index in [4.69, 9.17) is 0 Å². The van der Waals surface area contributed by atoms with Crippen LogP contribution in [0.2, 0.25) is 0 Å². The Balaban J connectivity index is 1.84. The van der Waals surface area contributed by atoms with Crippen LogP contribution in [0.5, 0.6) is 0 Å².